The van der Waals surface area contributed by atoms with Crippen LogP contribution in [0.5, 0.6) is 0 Å². The minimum Gasteiger partial charge on any atom is -0.390 e. The summed E-state index contributed by atoms with van der Waals surface area (Å²) in [5.74, 6) is 0. The van der Waals surface area contributed by atoms with Crippen LogP contribution in [-0.2, 0) is 29.5 Å². The van der Waals surface area contributed by atoms with Crippen molar-refractivity contribution in [1.29, 1.82) is 0 Å². The number of H-pyrrole nitrogens is 1. The van der Waals surface area contributed by atoms with Gasteiger partial charge in [0.2, 0.25) is 0 Å². The van der Waals surface area contributed by atoms with Gasteiger partial charge in [0.05, 0.1) is 12.3 Å². The van der Waals surface area contributed by atoms with Crippen molar-refractivity contribution in [1.82, 2.24) is 9.97 Å². The second-order valence-corrected chi connectivity index (χ2v) is 7.13. The highest BCUT2D eigenvalue weighted by molar-refractivity contribution is 7.93. The number of hydrogen-bond donors (Lipinski definition) is 3. The van der Waals surface area contributed by atoms with Crippen LogP contribution in [0.15, 0.2) is 17.2 Å². The lowest BCUT2D eigenvalue weighted by Gasteiger charge is -2.02. The van der Waals surface area contributed by atoms with E-state index in [0.29, 0.717) is 10.8 Å². The molecule has 1 aliphatic rings. The maximum absolute atomic E-state index is 12.1. The standard InChI is InChI=1S/C11H13N3O3S2/c15-6-7-4-8(5-12-7)19(16,17)14-11-13-9-2-1-3-10(9)18-11/h4-5,12,15H,1-3,6H2,(H,13,14). The summed E-state index contributed by atoms with van der Waals surface area (Å²) in [5.41, 5.74) is 1.47. The quantitative estimate of drug-likeness (QED) is 0.792. The van der Waals surface area contributed by atoms with Gasteiger partial charge in [-0.05, 0) is 25.3 Å². The normalized spacial score (nSPS) is 14.6. The van der Waals surface area contributed by atoms with Gasteiger partial charge in [0, 0.05) is 16.8 Å². The second-order valence-electron chi connectivity index (χ2n) is 4.37. The van der Waals surface area contributed by atoms with E-state index in [-0.39, 0.29) is 11.5 Å². The highest BCUT2D eigenvalue weighted by atomic mass is 32.2. The molecular weight excluding hydrogens is 286 g/mol. The van der Waals surface area contributed by atoms with Gasteiger partial charge >= 0.3 is 0 Å². The molecule has 0 bridgehead atoms. The fraction of sp³-hybridized carbons (Fsp3) is 0.364. The van der Waals surface area contributed by atoms with Crippen molar-refractivity contribution in [3.05, 3.63) is 28.5 Å². The maximum Gasteiger partial charge on any atom is 0.265 e. The average molecular weight is 299 g/mol. The highest BCUT2D eigenvalue weighted by Gasteiger charge is 2.21. The highest BCUT2D eigenvalue weighted by Crippen LogP contribution is 2.31. The number of fused-ring (bicyclic) bond motifs is 1. The van der Waals surface area contributed by atoms with Gasteiger partial charge in [-0.1, -0.05) is 0 Å². The van der Waals surface area contributed by atoms with Crippen LogP contribution in [0.4, 0.5) is 5.13 Å². The number of rotatable bonds is 4. The molecule has 1 aliphatic carbocycles. The smallest absolute Gasteiger partial charge is 0.265 e. The van der Waals surface area contributed by atoms with Gasteiger partial charge in [-0.15, -0.1) is 11.3 Å². The largest absolute Gasteiger partial charge is 0.390 e. The lowest BCUT2D eigenvalue weighted by molar-refractivity contribution is 0.277. The molecule has 0 spiro atoms. The minimum absolute atomic E-state index is 0.104. The lowest BCUT2D eigenvalue weighted by atomic mass is 10.4. The average Bonchev–Trinajstić information content (AvgIpc) is 3.01. The first kappa shape index (κ1) is 12.6. The Kier molecular flexibility index (Phi) is 3.08. The van der Waals surface area contributed by atoms with E-state index in [1.165, 1.54) is 28.5 Å². The number of sulfonamides is 1. The first-order valence-corrected chi connectivity index (χ1v) is 8.18. The van der Waals surface area contributed by atoms with Crippen molar-refractivity contribution in [3.63, 3.8) is 0 Å². The van der Waals surface area contributed by atoms with Crippen molar-refractivity contribution >= 4 is 26.5 Å². The molecular formula is C11H13N3O3S2. The lowest BCUT2D eigenvalue weighted by Crippen LogP contribution is -2.12. The van der Waals surface area contributed by atoms with Gasteiger partial charge in [-0.25, -0.2) is 13.4 Å². The van der Waals surface area contributed by atoms with E-state index in [0.717, 1.165) is 25.0 Å². The molecule has 6 nitrogen and oxygen atoms in total. The summed E-state index contributed by atoms with van der Waals surface area (Å²) in [6, 6.07) is 1.41. The number of aryl methyl sites for hydroxylation is 2. The summed E-state index contributed by atoms with van der Waals surface area (Å²) in [5, 5.41) is 9.34. The Labute approximate surface area is 114 Å². The number of aromatic amines is 1. The van der Waals surface area contributed by atoms with Gasteiger partial charge in [-0.2, -0.15) is 0 Å². The Bertz CT molecular complexity index is 681. The molecule has 2 aromatic heterocycles. The van der Waals surface area contributed by atoms with Crippen LogP contribution in [-0.4, -0.2) is 23.5 Å². The van der Waals surface area contributed by atoms with Crippen LogP contribution < -0.4 is 4.72 Å². The topological polar surface area (TPSA) is 95.1 Å². The van der Waals surface area contributed by atoms with E-state index in [1.54, 1.807) is 0 Å². The first-order chi connectivity index (χ1) is 9.08. The second kappa shape index (κ2) is 4.62. The van der Waals surface area contributed by atoms with Crippen LogP contribution in [0.1, 0.15) is 22.7 Å². The Balaban J connectivity index is 1.84. The molecule has 0 saturated heterocycles. The molecule has 102 valence electrons. The summed E-state index contributed by atoms with van der Waals surface area (Å²) >= 11 is 1.40. The van der Waals surface area contributed by atoms with E-state index in [2.05, 4.69) is 14.7 Å². The summed E-state index contributed by atoms with van der Waals surface area (Å²) in [6.07, 6.45) is 4.36. The molecule has 0 aliphatic heterocycles. The third-order valence-electron chi connectivity index (χ3n) is 3.01. The van der Waals surface area contributed by atoms with Crippen molar-refractivity contribution in [2.75, 3.05) is 4.72 Å². The van der Waals surface area contributed by atoms with Gasteiger partial charge in [0.1, 0.15) is 4.90 Å². The van der Waals surface area contributed by atoms with Gasteiger partial charge < -0.3 is 10.1 Å². The molecule has 3 rings (SSSR count). The fourth-order valence-corrected chi connectivity index (χ4v) is 4.38. The third-order valence-corrected chi connectivity index (χ3v) is 5.53. The number of aliphatic hydroxyl groups excluding tert-OH is 1. The number of anilines is 1. The Morgan fingerprint density at radius 1 is 1.47 bits per heavy atom. The van der Waals surface area contributed by atoms with Crippen LogP contribution in [0, 0.1) is 0 Å². The van der Waals surface area contributed by atoms with Crippen LogP contribution in [0.25, 0.3) is 0 Å². The van der Waals surface area contributed by atoms with Crippen LogP contribution >= 0.6 is 11.3 Å². The van der Waals surface area contributed by atoms with Gasteiger partial charge in [0.15, 0.2) is 5.13 Å². The molecule has 0 aromatic carbocycles. The van der Waals surface area contributed by atoms with Gasteiger partial charge in [0.25, 0.3) is 10.0 Å². The molecule has 0 saturated carbocycles. The van der Waals surface area contributed by atoms with Crippen molar-refractivity contribution in [2.24, 2.45) is 0 Å². The predicted molar refractivity (Wildman–Crippen MR) is 71.7 cm³/mol. The number of hydrogen-bond acceptors (Lipinski definition) is 5. The summed E-state index contributed by atoms with van der Waals surface area (Å²) in [6.45, 7) is -0.221. The van der Waals surface area contributed by atoms with Crippen molar-refractivity contribution in [3.8, 4) is 0 Å². The van der Waals surface area contributed by atoms with E-state index in [1.807, 2.05) is 0 Å². The molecule has 2 heterocycles. The number of aliphatic hydroxyl groups is 1. The fourth-order valence-electron chi connectivity index (χ4n) is 2.07. The first-order valence-electron chi connectivity index (χ1n) is 5.88. The zero-order chi connectivity index (χ0) is 13.5. The van der Waals surface area contributed by atoms with Crippen molar-refractivity contribution in [2.45, 2.75) is 30.8 Å². The molecule has 19 heavy (non-hydrogen) atoms. The number of aromatic nitrogens is 2. The van der Waals surface area contributed by atoms with Crippen molar-refractivity contribution < 1.29 is 13.5 Å². The Morgan fingerprint density at radius 2 is 2.32 bits per heavy atom. The molecule has 0 fully saturated rings. The minimum atomic E-state index is -3.63. The van der Waals surface area contributed by atoms with Crippen LogP contribution in [0.2, 0.25) is 0 Å². The molecule has 3 N–H and O–H groups in total. The number of thiazole rings is 1. The molecule has 0 atom stereocenters. The van der Waals surface area contributed by atoms with Gasteiger partial charge in [-0.3, -0.25) is 4.72 Å². The molecule has 2 aromatic rings. The molecule has 0 amide bonds. The van der Waals surface area contributed by atoms with E-state index in [9.17, 15) is 8.42 Å². The predicted octanol–water partition coefficient (Wildman–Crippen LogP) is 1.25. The molecule has 0 radical (unpaired) electrons. The maximum atomic E-state index is 12.1. The zero-order valence-electron chi connectivity index (χ0n) is 10.0. The molecule has 0 unspecified atom stereocenters. The molecule has 8 heteroatoms. The van der Waals surface area contributed by atoms with Crippen LogP contribution in [0.3, 0.4) is 0 Å². The van der Waals surface area contributed by atoms with E-state index < -0.39 is 10.0 Å². The third kappa shape index (κ3) is 2.38. The number of nitrogens with zero attached hydrogens (tertiary/aromatic N) is 1. The Morgan fingerprint density at radius 3 is 3.00 bits per heavy atom. The summed E-state index contributed by atoms with van der Waals surface area (Å²) in [7, 11) is -3.63. The monoisotopic (exact) mass is 299 g/mol. The Hall–Kier alpha value is -1.38. The SMILES string of the molecule is O=S(=O)(Nc1nc2c(s1)CCC2)c1c[nH]c(CO)c1. The van der Waals surface area contributed by atoms with E-state index in [4.69, 9.17) is 5.11 Å². The zero-order valence-corrected chi connectivity index (χ0v) is 11.6. The number of nitrogens with one attached hydrogen (secondary N) is 2. The van der Waals surface area contributed by atoms with E-state index >= 15 is 0 Å². The summed E-state index contributed by atoms with van der Waals surface area (Å²) < 4.78 is 26.7. The summed E-state index contributed by atoms with van der Waals surface area (Å²) in [4.78, 5) is 8.27.